The highest BCUT2D eigenvalue weighted by atomic mass is 16.6. The Balaban J connectivity index is 0.000000669. The maximum atomic E-state index is 12.7. The van der Waals surface area contributed by atoms with Crippen molar-refractivity contribution in [3.8, 4) is 0 Å². The molecule has 0 saturated heterocycles. The van der Waals surface area contributed by atoms with E-state index in [0.717, 1.165) is 37.8 Å². The number of rotatable bonds is 14. The highest BCUT2D eigenvalue weighted by Crippen LogP contribution is 2.18. The molecule has 0 aliphatic carbocycles. The van der Waals surface area contributed by atoms with E-state index in [-0.39, 0.29) is 23.0 Å². The number of aromatic carboxylic acids is 1. The van der Waals surface area contributed by atoms with E-state index in [9.17, 15) is 29.8 Å². The standard InChI is InChI=1S/C27H37NO4.C7H5NO4/c1-20(2)9-7-11-22(5)13-18-26(19-23(6)12-8-10-21(3)4)32-27(29)24-14-16-25(17-15-24)28(30)31;9-7(10)5-1-3-6(4-2-5)8(11)12/h9-10,13-17,19,26H,7-8,11-12,18H2,1-6H3;1-4H,(H,9,10)/b22-13+,23-19+;. The normalized spacial score (nSPS) is 11.8. The number of hydrogen-bond acceptors (Lipinski definition) is 7. The predicted molar refractivity (Wildman–Crippen MR) is 172 cm³/mol. The first-order valence-electron chi connectivity index (χ1n) is 14.2. The monoisotopic (exact) mass is 606 g/mol. The van der Waals surface area contributed by atoms with Gasteiger partial charge in [-0.1, -0.05) is 40.5 Å². The highest BCUT2D eigenvalue weighted by Gasteiger charge is 2.15. The van der Waals surface area contributed by atoms with Gasteiger partial charge in [-0.2, -0.15) is 0 Å². The molecule has 0 saturated carbocycles. The summed E-state index contributed by atoms with van der Waals surface area (Å²) in [6.07, 6.45) is 12.6. The second kappa shape index (κ2) is 19.4. The molecule has 44 heavy (non-hydrogen) atoms. The average Bonchev–Trinajstić information content (AvgIpc) is 2.95. The van der Waals surface area contributed by atoms with Crippen molar-refractivity contribution in [1.82, 2.24) is 0 Å². The molecular formula is C34H42N2O8. The maximum Gasteiger partial charge on any atom is 0.338 e. The molecule has 2 aromatic rings. The lowest BCUT2D eigenvalue weighted by Crippen LogP contribution is -2.16. The molecule has 2 aromatic carbocycles. The quantitative estimate of drug-likeness (QED) is 0.0967. The van der Waals surface area contributed by atoms with Crippen molar-refractivity contribution >= 4 is 23.3 Å². The smallest absolute Gasteiger partial charge is 0.338 e. The van der Waals surface area contributed by atoms with Gasteiger partial charge < -0.3 is 9.84 Å². The number of carboxylic acids is 1. The summed E-state index contributed by atoms with van der Waals surface area (Å²) < 4.78 is 5.77. The number of ether oxygens (including phenoxy) is 1. The first-order chi connectivity index (χ1) is 20.7. The van der Waals surface area contributed by atoms with Crippen molar-refractivity contribution in [2.24, 2.45) is 0 Å². The molecule has 0 amide bonds. The number of nitrogens with zero attached hydrogens (tertiary/aromatic N) is 2. The van der Waals surface area contributed by atoms with Crippen molar-refractivity contribution in [3.05, 3.63) is 126 Å². The predicted octanol–water partition coefficient (Wildman–Crippen LogP) is 9.19. The average molecular weight is 607 g/mol. The minimum absolute atomic E-state index is 0.0422. The second-order valence-corrected chi connectivity index (χ2v) is 10.8. The van der Waals surface area contributed by atoms with E-state index in [2.05, 4.69) is 59.8 Å². The van der Waals surface area contributed by atoms with Gasteiger partial charge in [-0.05, 0) is 97.6 Å². The summed E-state index contributed by atoms with van der Waals surface area (Å²) in [6.45, 7) is 12.5. The lowest BCUT2D eigenvalue weighted by molar-refractivity contribution is -0.385. The number of hydrogen-bond donors (Lipinski definition) is 1. The van der Waals surface area contributed by atoms with Crippen LogP contribution in [-0.2, 0) is 4.74 Å². The van der Waals surface area contributed by atoms with Crippen LogP contribution < -0.4 is 0 Å². The van der Waals surface area contributed by atoms with E-state index >= 15 is 0 Å². The summed E-state index contributed by atoms with van der Waals surface area (Å²) in [5.41, 5.74) is 5.20. The summed E-state index contributed by atoms with van der Waals surface area (Å²) in [4.78, 5) is 42.9. The largest absolute Gasteiger partial charge is 0.478 e. The van der Waals surface area contributed by atoms with E-state index < -0.39 is 21.8 Å². The van der Waals surface area contributed by atoms with E-state index in [1.54, 1.807) is 0 Å². The molecule has 0 aliphatic rings. The molecule has 0 bridgehead atoms. The van der Waals surface area contributed by atoms with Crippen LogP contribution in [0.15, 0.2) is 95.1 Å². The van der Waals surface area contributed by atoms with Gasteiger partial charge in [-0.3, -0.25) is 20.2 Å². The Morgan fingerprint density at radius 1 is 0.727 bits per heavy atom. The summed E-state index contributed by atoms with van der Waals surface area (Å²) in [7, 11) is 0. The summed E-state index contributed by atoms with van der Waals surface area (Å²) >= 11 is 0. The first kappa shape index (κ1) is 37.2. The molecule has 0 radical (unpaired) electrons. The number of carboxylic acid groups (broad SMARTS) is 1. The van der Waals surface area contributed by atoms with Crippen LogP contribution in [0.4, 0.5) is 11.4 Å². The molecule has 1 N–H and O–H groups in total. The molecule has 10 nitrogen and oxygen atoms in total. The highest BCUT2D eigenvalue weighted by molar-refractivity contribution is 5.90. The van der Waals surface area contributed by atoms with Gasteiger partial charge in [-0.25, -0.2) is 9.59 Å². The lowest BCUT2D eigenvalue weighted by Gasteiger charge is -2.15. The number of allylic oxidation sites excluding steroid dienone is 6. The van der Waals surface area contributed by atoms with Crippen LogP contribution in [0.2, 0.25) is 0 Å². The van der Waals surface area contributed by atoms with Gasteiger partial charge in [0.2, 0.25) is 0 Å². The van der Waals surface area contributed by atoms with Crippen molar-refractivity contribution in [2.75, 3.05) is 0 Å². The third kappa shape index (κ3) is 15.4. The molecule has 0 fully saturated rings. The minimum atomic E-state index is -1.09. The zero-order valence-electron chi connectivity index (χ0n) is 26.2. The van der Waals surface area contributed by atoms with Gasteiger partial charge in [-0.15, -0.1) is 0 Å². The van der Waals surface area contributed by atoms with Crippen LogP contribution in [0.25, 0.3) is 0 Å². The fourth-order valence-corrected chi connectivity index (χ4v) is 3.80. The van der Waals surface area contributed by atoms with Gasteiger partial charge in [0, 0.05) is 30.7 Å². The number of nitro benzene ring substituents is 2. The van der Waals surface area contributed by atoms with Crippen molar-refractivity contribution in [2.45, 2.75) is 79.8 Å². The van der Waals surface area contributed by atoms with E-state index in [1.807, 2.05) is 6.08 Å². The Morgan fingerprint density at radius 3 is 1.57 bits per heavy atom. The fourth-order valence-electron chi connectivity index (χ4n) is 3.80. The topological polar surface area (TPSA) is 150 Å². The van der Waals surface area contributed by atoms with Crippen LogP contribution in [0, 0.1) is 20.2 Å². The van der Waals surface area contributed by atoms with Gasteiger partial charge >= 0.3 is 11.9 Å². The van der Waals surface area contributed by atoms with Crippen LogP contribution in [-0.4, -0.2) is 33.0 Å². The van der Waals surface area contributed by atoms with Gasteiger partial charge in [0.15, 0.2) is 0 Å². The van der Waals surface area contributed by atoms with Crippen molar-refractivity contribution in [3.63, 3.8) is 0 Å². The summed E-state index contributed by atoms with van der Waals surface area (Å²) in [6, 6.07) is 10.2. The third-order valence-corrected chi connectivity index (χ3v) is 6.25. The van der Waals surface area contributed by atoms with Crippen LogP contribution in [0.1, 0.15) is 94.4 Å². The van der Waals surface area contributed by atoms with Crippen molar-refractivity contribution in [1.29, 1.82) is 0 Å². The molecule has 1 atom stereocenters. The van der Waals surface area contributed by atoms with Crippen molar-refractivity contribution < 1.29 is 29.3 Å². The van der Waals surface area contributed by atoms with Crippen LogP contribution >= 0.6 is 0 Å². The van der Waals surface area contributed by atoms with E-state index in [4.69, 9.17) is 9.84 Å². The number of carbonyl (C=O) groups is 2. The minimum Gasteiger partial charge on any atom is -0.478 e. The van der Waals surface area contributed by atoms with Crippen LogP contribution in [0.5, 0.6) is 0 Å². The summed E-state index contributed by atoms with van der Waals surface area (Å²) in [5, 5.41) is 29.4. The molecule has 0 aromatic heterocycles. The second-order valence-electron chi connectivity index (χ2n) is 10.8. The molecule has 0 spiro atoms. The Kier molecular flexibility index (Phi) is 16.3. The molecule has 0 aliphatic heterocycles. The van der Waals surface area contributed by atoms with Gasteiger partial charge in [0.05, 0.1) is 21.0 Å². The molecular weight excluding hydrogens is 564 g/mol. The molecule has 2 rings (SSSR count). The Hall–Kier alpha value is -4.86. The number of benzene rings is 2. The Morgan fingerprint density at radius 2 is 1.16 bits per heavy atom. The van der Waals surface area contributed by atoms with E-state index in [0.29, 0.717) is 12.0 Å². The summed E-state index contributed by atoms with van der Waals surface area (Å²) in [5.74, 6) is -1.57. The van der Waals surface area contributed by atoms with Crippen LogP contribution in [0.3, 0.4) is 0 Å². The Bertz CT molecular complexity index is 1360. The molecule has 236 valence electrons. The number of nitro groups is 2. The fraction of sp³-hybridized carbons (Fsp3) is 0.353. The number of esters is 1. The Labute approximate surface area is 258 Å². The molecule has 0 heterocycles. The molecule has 10 heteroatoms. The van der Waals surface area contributed by atoms with Gasteiger partial charge in [0.25, 0.3) is 11.4 Å². The first-order valence-corrected chi connectivity index (χ1v) is 14.2. The van der Waals surface area contributed by atoms with E-state index in [1.165, 1.54) is 58.7 Å². The number of carbonyl (C=O) groups excluding carboxylic acids is 1. The zero-order chi connectivity index (χ0) is 33.2. The number of non-ortho nitro benzene ring substituents is 2. The third-order valence-electron chi connectivity index (χ3n) is 6.25. The van der Waals surface area contributed by atoms with Gasteiger partial charge in [0.1, 0.15) is 6.10 Å². The SMILES string of the molecule is CC(C)=CCC/C(C)=C/CC(/C=C(\C)CCC=C(C)C)OC(=O)c1ccc([N+](=O)[O-])cc1.O=C(O)c1ccc([N+](=O)[O-])cc1. The molecule has 1 unspecified atom stereocenters. The maximum absolute atomic E-state index is 12.7. The lowest BCUT2D eigenvalue weighted by atomic mass is 10.0. The zero-order valence-corrected chi connectivity index (χ0v) is 26.2.